The van der Waals surface area contributed by atoms with Gasteiger partial charge in [-0.25, -0.2) is 13.8 Å². The molecule has 0 saturated carbocycles. The molecule has 0 aliphatic carbocycles. The highest BCUT2D eigenvalue weighted by molar-refractivity contribution is 6.31. The smallest absolute Gasteiger partial charge is 0.274 e. The molecule has 2 aromatic heterocycles. The van der Waals surface area contributed by atoms with Crippen molar-refractivity contribution in [3.05, 3.63) is 64.6 Å². The van der Waals surface area contributed by atoms with Crippen molar-refractivity contribution in [1.29, 1.82) is 0 Å². The number of fused-ring (bicyclic) bond motifs is 1. The minimum absolute atomic E-state index is 0.0984. The molecule has 0 atom stereocenters. The van der Waals surface area contributed by atoms with Gasteiger partial charge in [0, 0.05) is 11.9 Å². The van der Waals surface area contributed by atoms with Gasteiger partial charge in [0.1, 0.15) is 23.0 Å². The molecule has 1 N–H and O–H groups in total. The molecule has 4 nitrogen and oxygen atoms in total. The van der Waals surface area contributed by atoms with Crippen LogP contribution in [0.5, 0.6) is 0 Å². The van der Waals surface area contributed by atoms with Crippen molar-refractivity contribution >= 4 is 28.8 Å². The summed E-state index contributed by atoms with van der Waals surface area (Å²) in [6.07, 6.45) is 1.18. The Balaban J connectivity index is 2.00. The van der Waals surface area contributed by atoms with E-state index < -0.39 is 17.5 Å². The van der Waals surface area contributed by atoms with Crippen LogP contribution >= 0.6 is 11.6 Å². The van der Waals surface area contributed by atoms with Crippen LogP contribution in [-0.2, 0) is 0 Å². The third-order valence-corrected chi connectivity index (χ3v) is 3.44. The van der Waals surface area contributed by atoms with Crippen molar-refractivity contribution in [2.45, 2.75) is 6.92 Å². The number of amides is 1. The molecule has 0 aliphatic rings. The minimum atomic E-state index is -0.576. The molecule has 22 heavy (non-hydrogen) atoms. The van der Waals surface area contributed by atoms with Crippen LogP contribution in [0.2, 0.25) is 5.02 Å². The summed E-state index contributed by atoms with van der Waals surface area (Å²) in [5.74, 6) is -1.55. The number of nitrogens with zero attached hydrogens (tertiary/aromatic N) is 2. The fourth-order valence-corrected chi connectivity index (χ4v) is 2.35. The van der Waals surface area contributed by atoms with Crippen LogP contribution in [0.15, 0.2) is 36.5 Å². The summed E-state index contributed by atoms with van der Waals surface area (Å²) in [7, 11) is 0. The standard InChI is InChI=1S/C15H10ClF2N3O/c1-8-14(21-7-9(17)2-5-13(21)19-8)15(22)20-10-3-4-12(18)11(16)6-10/h2-7H,1H3,(H,20,22). The number of pyridine rings is 1. The van der Waals surface area contributed by atoms with Crippen LogP contribution in [0.4, 0.5) is 14.5 Å². The second-order valence-electron chi connectivity index (χ2n) is 4.70. The molecule has 0 bridgehead atoms. The van der Waals surface area contributed by atoms with Gasteiger partial charge >= 0.3 is 0 Å². The maximum Gasteiger partial charge on any atom is 0.274 e. The highest BCUT2D eigenvalue weighted by Gasteiger charge is 2.17. The molecule has 1 amide bonds. The molecule has 1 aromatic carbocycles. The monoisotopic (exact) mass is 321 g/mol. The van der Waals surface area contributed by atoms with Crippen molar-refractivity contribution in [3.63, 3.8) is 0 Å². The number of benzene rings is 1. The number of aromatic nitrogens is 2. The minimum Gasteiger partial charge on any atom is -0.321 e. The van der Waals surface area contributed by atoms with Crippen LogP contribution in [0.3, 0.4) is 0 Å². The number of imidazole rings is 1. The average Bonchev–Trinajstić information content (AvgIpc) is 2.78. The highest BCUT2D eigenvalue weighted by atomic mass is 35.5. The maximum atomic E-state index is 13.4. The predicted octanol–water partition coefficient (Wildman–Crippen LogP) is 3.83. The maximum absolute atomic E-state index is 13.4. The fraction of sp³-hybridized carbons (Fsp3) is 0.0667. The van der Waals surface area contributed by atoms with E-state index in [0.29, 0.717) is 17.0 Å². The van der Waals surface area contributed by atoms with E-state index >= 15 is 0 Å². The molecule has 2 heterocycles. The average molecular weight is 322 g/mol. The van der Waals surface area contributed by atoms with Gasteiger partial charge in [-0.1, -0.05) is 11.6 Å². The van der Waals surface area contributed by atoms with Crippen LogP contribution < -0.4 is 5.32 Å². The molecular weight excluding hydrogens is 312 g/mol. The third-order valence-electron chi connectivity index (χ3n) is 3.15. The molecule has 0 saturated heterocycles. The summed E-state index contributed by atoms with van der Waals surface area (Å²) >= 11 is 5.68. The Labute approximate surface area is 129 Å². The first-order valence-corrected chi connectivity index (χ1v) is 6.74. The quantitative estimate of drug-likeness (QED) is 0.780. The Morgan fingerprint density at radius 3 is 2.77 bits per heavy atom. The second-order valence-corrected chi connectivity index (χ2v) is 5.11. The number of carbonyl (C=O) groups excluding carboxylic acids is 1. The SMILES string of the molecule is Cc1nc2ccc(F)cn2c1C(=O)Nc1ccc(F)c(Cl)c1. The lowest BCUT2D eigenvalue weighted by molar-refractivity contribution is 0.102. The Bertz CT molecular complexity index is 892. The van der Waals surface area contributed by atoms with Gasteiger partial charge in [-0.3, -0.25) is 9.20 Å². The second kappa shape index (κ2) is 5.38. The van der Waals surface area contributed by atoms with E-state index in [-0.39, 0.29) is 10.7 Å². The van der Waals surface area contributed by atoms with Gasteiger partial charge in [-0.2, -0.15) is 0 Å². The van der Waals surface area contributed by atoms with Crippen LogP contribution in [0.1, 0.15) is 16.2 Å². The van der Waals surface area contributed by atoms with E-state index in [1.807, 2.05) is 0 Å². The summed E-state index contributed by atoms with van der Waals surface area (Å²) in [5, 5.41) is 2.49. The molecule has 0 aliphatic heterocycles. The fourth-order valence-electron chi connectivity index (χ4n) is 2.17. The first kappa shape index (κ1) is 14.5. The van der Waals surface area contributed by atoms with Gasteiger partial charge < -0.3 is 5.32 Å². The van der Waals surface area contributed by atoms with E-state index in [1.54, 1.807) is 6.92 Å². The number of hydrogen-bond acceptors (Lipinski definition) is 2. The molecule has 112 valence electrons. The lowest BCUT2D eigenvalue weighted by atomic mass is 10.2. The first-order valence-electron chi connectivity index (χ1n) is 6.36. The zero-order valence-corrected chi connectivity index (χ0v) is 12.2. The van der Waals surface area contributed by atoms with Gasteiger partial charge in [-0.15, -0.1) is 0 Å². The zero-order valence-electron chi connectivity index (χ0n) is 11.4. The van der Waals surface area contributed by atoms with Crippen molar-refractivity contribution in [1.82, 2.24) is 9.38 Å². The summed E-state index contributed by atoms with van der Waals surface area (Å²) in [4.78, 5) is 16.6. The molecule has 7 heteroatoms. The third kappa shape index (κ3) is 2.53. The molecular formula is C15H10ClF2N3O. The molecule has 0 radical (unpaired) electrons. The van der Waals surface area contributed by atoms with Crippen LogP contribution in [-0.4, -0.2) is 15.3 Å². The van der Waals surface area contributed by atoms with E-state index in [4.69, 9.17) is 11.6 Å². The summed E-state index contributed by atoms with van der Waals surface area (Å²) < 4.78 is 27.9. The Kier molecular flexibility index (Phi) is 3.54. The number of carbonyl (C=O) groups is 1. The van der Waals surface area contributed by atoms with Gasteiger partial charge in [0.15, 0.2) is 0 Å². The van der Waals surface area contributed by atoms with Crippen molar-refractivity contribution < 1.29 is 13.6 Å². The summed E-state index contributed by atoms with van der Waals surface area (Å²) in [6.45, 7) is 1.65. The first-order chi connectivity index (χ1) is 10.5. The van der Waals surface area contributed by atoms with E-state index in [9.17, 15) is 13.6 Å². The normalized spacial score (nSPS) is 10.9. The van der Waals surface area contributed by atoms with Crippen molar-refractivity contribution in [3.8, 4) is 0 Å². The Morgan fingerprint density at radius 2 is 2.05 bits per heavy atom. The number of rotatable bonds is 2. The number of hydrogen-bond donors (Lipinski definition) is 1. The van der Waals surface area contributed by atoms with E-state index in [0.717, 1.165) is 6.07 Å². The molecule has 0 spiro atoms. The van der Waals surface area contributed by atoms with E-state index in [1.165, 1.54) is 34.9 Å². The van der Waals surface area contributed by atoms with Gasteiger partial charge in [0.05, 0.1) is 10.7 Å². The van der Waals surface area contributed by atoms with Crippen molar-refractivity contribution in [2.24, 2.45) is 0 Å². The summed E-state index contributed by atoms with van der Waals surface area (Å²) in [5.41, 5.74) is 1.45. The molecule has 0 fully saturated rings. The lowest BCUT2D eigenvalue weighted by Gasteiger charge is -2.07. The van der Waals surface area contributed by atoms with Gasteiger partial charge in [-0.05, 0) is 37.3 Å². The van der Waals surface area contributed by atoms with Crippen LogP contribution in [0.25, 0.3) is 5.65 Å². The topological polar surface area (TPSA) is 46.4 Å². The van der Waals surface area contributed by atoms with Crippen LogP contribution in [0, 0.1) is 18.6 Å². The largest absolute Gasteiger partial charge is 0.321 e. The summed E-state index contributed by atoms with van der Waals surface area (Å²) in [6, 6.07) is 6.59. The van der Waals surface area contributed by atoms with Crippen molar-refractivity contribution in [2.75, 3.05) is 5.32 Å². The molecule has 3 rings (SSSR count). The number of nitrogens with one attached hydrogen (secondary N) is 1. The Hall–Kier alpha value is -2.47. The Morgan fingerprint density at radius 1 is 1.27 bits per heavy atom. The zero-order chi connectivity index (χ0) is 15.9. The van der Waals surface area contributed by atoms with Gasteiger partial charge in [0.25, 0.3) is 5.91 Å². The van der Waals surface area contributed by atoms with E-state index in [2.05, 4.69) is 10.3 Å². The lowest BCUT2D eigenvalue weighted by Crippen LogP contribution is -2.15. The molecule has 0 unspecified atom stereocenters. The number of aryl methyl sites for hydroxylation is 1. The predicted molar refractivity (Wildman–Crippen MR) is 79.3 cm³/mol. The highest BCUT2D eigenvalue weighted by Crippen LogP contribution is 2.21. The number of anilines is 1. The molecule has 3 aromatic rings. The van der Waals surface area contributed by atoms with Gasteiger partial charge in [0.2, 0.25) is 0 Å². The number of halogens is 3.